The zero-order valence-corrected chi connectivity index (χ0v) is 17.3. The summed E-state index contributed by atoms with van der Waals surface area (Å²) < 4.78 is 14.4. The topological polar surface area (TPSA) is 112 Å². The van der Waals surface area contributed by atoms with Crippen molar-refractivity contribution < 1.29 is 14.0 Å². The first-order chi connectivity index (χ1) is 14.8. The molecule has 1 atom stereocenters. The predicted molar refractivity (Wildman–Crippen MR) is 110 cm³/mol. The molecule has 3 aromatic rings. The zero-order valence-electron chi connectivity index (χ0n) is 17.3. The number of fused-ring (bicyclic) bond motifs is 1. The Balaban J connectivity index is 1.38. The van der Waals surface area contributed by atoms with Crippen LogP contribution in [0.25, 0.3) is 5.52 Å². The van der Waals surface area contributed by atoms with Crippen LogP contribution < -0.4 is 10.9 Å². The van der Waals surface area contributed by atoms with E-state index in [1.807, 2.05) is 6.92 Å². The molecule has 0 aliphatic carbocycles. The smallest absolute Gasteiger partial charge is 0.276 e. The van der Waals surface area contributed by atoms with Gasteiger partial charge in [-0.1, -0.05) is 17.3 Å². The van der Waals surface area contributed by atoms with E-state index in [2.05, 4.69) is 20.6 Å². The summed E-state index contributed by atoms with van der Waals surface area (Å²) in [7, 11) is 0. The van der Waals surface area contributed by atoms with Crippen molar-refractivity contribution in [2.75, 3.05) is 13.1 Å². The molecule has 0 saturated carbocycles. The van der Waals surface area contributed by atoms with E-state index in [1.165, 1.54) is 16.6 Å². The summed E-state index contributed by atoms with van der Waals surface area (Å²) in [5.74, 6) is -1.01. The third kappa shape index (κ3) is 4.18. The lowest BCUT2D eigenvalue weighted by Gasteiger charge is -2.31. The van der Waals surface area contributed by atoms with Crippen LogP contribution in [0.4, 0.5) is 4.39 Å². The van der Waals surface area contributed by atoms with Crippen molar-refractivity contribution in [1.29, 1.82) is 0 Å². The molecule has 0 radical (unpaired) electrons. The summed E-state index contributed by atoms with van der Waals surface area (Å²) in [6, 6.07) is 5.78. The van der Waals surface area contributed by atoms with Crippen LogP contribution in [-0.4, -0.2) is 49.6 Å². The number of H-pyrrole nitrogens is 1. The van der Waals surface area contributed by atoms with Gasteiger partial charge in [-0.3, -0.25) is 14.4 Å². The van der Waals surface area contributed by atoms with E-state index < -0.39 is 5.56 Å². The molecule has 1 aliphatic rings. The van der Waals surface area contributed by atoms with Gasteiger partial charge >= 0.3 is 0 Å². The van der Waals surface area contributed by atoms with E-state index >= 15 is 0 Å². The van der Waals surface area contributed by atoms with Gasteiger partial charge in [0.1, 0.15) is 5.82 Å². The van der Waals surface area contributed by atoms with Gasteiger partial charge in [0.05, 0.1) is 12.2 Å². The lowest BCUT2D eigenvalue weighted by molar-refractivity contribution is -0.127. The highest BCUT2D eigenvalue weighted by atomic mass is 19.1. The molecule has 1 fully saturated rings. The number of rotatable bonds is 4. The second kappa shape index (κ2) is 8.29. The fourth-order valence-corrected chi connectivity index (χ4v) is 3.85. The van der Waals surface area contributed by atoms with Crippen LogP contribution >= 0.6 is 0 Å². The molecular formula is C21H23FN6O3. The molecule has 2 amide bonds. The summed E-state index contributed by atoms with van der Waals surface area (Å²) in [6.07, 6.45) is 2.60. The Bertz CT molecular complexity index is 1180. The molecule has 3 heterocycles. The quantitative estimate of drug-likeness (QED) is 0.658. The van der Waals surface area contributed by atoms with Crippen molar-refractivity contribution in [3.63, 3.8) is 0 Å². The number of hydrogen-bond donors (Lipinski definition) is 2. The standard InChI is InChI=1S/C21H23FN6O3/c1-12-11-28-18(20(30)23-12)17(25-26-28)21(31)27-9-7-15(8-10-27)19(29)24-13(2)14-3-5-16(22)6-4-14/h3-6,11,13,15H,7-10H2,1-2H3,(H,23,30)(H,24,29)/t13-/m0/s1. The Hall–Kier alpha value is -3.56. The van der Waals surface area contributed by atoms with Gasteiger partial charge in [-0.15, -0.1) is 5.10 Å². The van der Waals surface area contributed by atoms with Crippen molar-refractivity contribution in [3.05, 3.63) is 63.6 Å². The van der Waals surface area contributed by atoms with E-state index in [1.54, 1.807) is 30.2 Å². The van der Waals surface area contributed by atoms with Gasteiger partial charge in [-0.05, 0) is 44.4 Å². The average molecular weight is 426 g/mol. The average Bonchev–Trinajstić information content (AvgIpc) is 3.18. The first-order valence-corrected chi connectivity index (χ1v) is 10.1. The van der Waals surface area contributed by atoms with E-state index in [0.29, 0.717) is 31.6 Å². The molecular weight excluding hydrogens is 403 g/mol. The number of amides is 2. The largest absolute Gasteiger partial charge is 0.349 e. The number of nitrogens with zero attached hydrogens (tertiary/aromatic N) is 4. The maximum absolute atomic E-state index is 13.1. The summed E-state index contributed by atoms with van der Waals surface area (Å²) in [4.78, 5) is 42.0. The number of benzene rings is 1. The molecule has 162 valence electrons. The molecule has 0 spiro atoms. The number of nitrogens with one attached hydrogen (secondary N) is 2. The third-order valence-electron chi connectivity index (χ3n) is 5.62. The van der Waals surface area contributed by atoms with Crippen LogP contribution in [-0.2, 0) is 4.79 Å². The van der Waals surface area contributed by atoms with E-state index in [9.17, 15) is 18.8 Å². The molecule has 1 saturated heterocycles. The van der Waals surface area contributed by atoms with Crippen molar-refractivity contribution in [2.24, 2.45) is 5.92 Å². The van der Waals surface area contributed by atoms with Gasteiger partial charge in [0.2, 0.25) is 5.91 Å². The van der Waals surface area contributed by atoms with Crippen LogP contribution in [0.5, 0.6) is 0 Å². The van der Waals surface area contributed by atoms with Crippen LogP contribution in [0.2, 0.25) is 0 Å². The number of likely N-dealkylation sites (tertiary alicyclic amines) is 1. The highest BCUT2D eigenvalue weighted by Gasteiger charge is 2.31. The van der Waals surface area contributed by atoms with Crippen LogP contribution in [0.3, 0.4) is 0 Å². The van der Waals surface area contributed by atoms with E-state index in [4.69, 9.17) is 0 Å². The van der Waals surface area contributed by atoms with Crippen molar-refractivity contribution in [3.8, 4) is 0 Å². The maximum Gasteiger partial charge on any atom is 0.276 e. The van der Waals surface area contributed by atoms with Crippen molar-refractivity contribution >= 4 is 17.3 Å². The zero-order chi connectivity index (χ0) is 22.1. The Morgan fingerprint density at radius 1 is 1.23 bits per heavy atom. The predicted octanol–water partition coefficient (Wildman–Crippen LogP) is 1.59. The Morgan fingerprint density at radius 2 is 1.90 bits per heavy atom. The molecule has 2 aromatic heterocycles. The van der Waals surface area contributed by atoms with Crippen LogP contribution in [0, 0.1) is 18.7 Å². The number of carbonyl (C=O) groups is 2. The van der Waals surface area contributed by atoms with Gasteiger partial charge in [0.25, 0.3) is 11.5 Å². The highest BCUT2D eigenvalue weighted by Crippen LogP contribution is 2.21. The highest BCUT2D eigenvalue weighted by molar-refractivity contribution is 5.98. The molecule has 0 unspecified atom stereocenters. The van der Waals surface area contributed by atoms with Crippen molar-refractivity contribution in [2.45, 2.75) is 32.7 Å². The summed E-state index contributed by atoms with van der Waals surface area (Å²) in [6.45, 7) is 4.33. The van der Waals surface area contributed by atoms with Gasteiger partial charge in [-0.2, -0.15) is 0 Å². The number of carbonyl (C=O) groups excluding carboxylic acids is 2. The monoisotopic (exact) mass is 426 g/mol. The molecule has 4 rings (SSSR count). The third-order valence-corrected chi connectivity index (χ3v) is 5.62. The molecule has 10 heteroatoms. The second-order valence-corrected chi connectivity index (χ2v) is 7.85. The van der Waals surface area contributed by atoms with E-state index in [0.717, 1.165) is 5.56 Å². The normalized spacial score (nSPS) is 15.8. The molecule has 0 bridgehead atoms. The van der Waals surface area contributed by atoms with Crippen LogP contribution in [0.1, 0.15) is 47.6 Å². The van der Waals surface area contributed by atoms with Crippen LogP contribution in [0.15, 0.2) is 35.3 Å². The fraction of sp³-hybridized carbons (Fsp3) is 0.381. The molecule has 2 N–H and O–H groups in total. The van der Waals surface area contributed by atoms with Gasteiger partial charge in [0.15, 0.2) is 11.2 Å². The minimum atomic E-state index is -0.419. The first-order valence-electron chi connectivity index (χ1n) is 10.1. The lowest BCUT2D eigenvalue weighted by atomic mass is 9.95. The van der Waals surface area contributed by atoms with Crippen molar-refractivity contribution in [1.82, 2.24) is 30.0 Å². The molecule has 1 aliphatic heterocycles. The molecule has 1 aromatic carbocycles. The van der Waals surface area contributed by atoms with Gasteiger partial charge < -0.3 is 15.2 Å². The minimum Gasteiger partial charge on any atom is -0.349 e. The van der Waals surface area contributed by atoms with E-state index in [-0.39, 0.29) is 40.8 Å². The minimum absolute atomic E-state index is 0.00841. The Morgan fingerprint density at radius 3 is 2.58 bits per heavy atom. The summed E-state index contributed by atoms with van der Waals surface area (Å²) >= 11 is 0. The summed E-state index contributed by atoms with van der Waals surface area (Å²) in [5, 5.41) is 10.7. The second-order valence-electron chi connectivity index (χ2n) is 7.85. The molecule has 31 heavy (non-hydrogen) atoms. The Kier molecular flexibility index (Phi) is 5.53. The fourth-order valence-electron chi connectivity index (χ4n) is 3.85. The number of aryl methyl sites for hydroxylation is 1. The molecule has 9 nitrogen and oxygen atoms in total. The number of piperidine rings is 1. The van der Waals surface area contributed by atoms with Gasteiger partial charge in [0, 0.05) is 24.7 Å². The maximum atomic E-state index is 13.1. The van der Waals surface area contributed by atoms with Gasteiger partial charge in [-0.25, -0.2) is 8.91 Å². The number of hydrogen-bond acceptors (Lipinski definition) is 5. The number of aromatic amines is 1. The number of aromatic nitrogens is 4. The Labute approximate surface area is 177 Å². The number of halogens is 1. The summed E-state index contributed by atoms with van der Waals surface area (Å²) in [5.41, 5.74) is 1.14. The lowest BCUT2D eigenvalue weighted by Crippen LogP contribution is -2.43. The SMILES string of the molecule is Cc1cn2nnc(C(=O)N3CCC(C(=O)N[C@@H](C)c4ccc(F)cc4)CC3)c2c(=O)[nH]1. The first kappa shape index (κ1) is 20.7.